The minimum atomic E-state index is -0.309. The van der Waals surface area contributed by atoms with Crippen molar-refractivity contribution < 1.29 is 0 Å². The predicted molar refractivity (Wildman–Crippen MR) is 49.2 cm³/mol. The fourth-order valence-corrected chi connectivity index (χ4v) is 1.44. The Balaban J connectivity index is 3.87. The Kier molecular flexibility index (Phi) is 4.39. The molecule has 10 heavy (non-hydrogen) atoms. The van der Waals surface area contributed by atoms with Crippen LogP contribution in [0, 0.1) is 5.41 Å². The second kappa shape index (κ2) is 4.04. The predicted octanol–water partition coefficient (Wildman–Crippen LogP) is 3.83. The molecule has 0 saturated heterocycles. The molecule has 0 fully saturated rings. The van der Waals surface area contributed by atoms with Crippen molar-refractivity contribution in [1.29, 1.82) is 0 Å². The molecular weight excluding hydrogens is 190 g/mol. The summed E-state index contributed by atoms with van der Waals surface area (Å²) in [7, 11) is 0. The van der Waals surface area contributed by atoms with E-state index < -0.39 is 0 Å². The Labute approximate surface area is 77.8 Å². The molecule has 3 heteroatoms. The van der Waals surface area contributed by atoms with Crippen molar-refractivity contribution in [3.8, 4) is 0 Å². The van der Waals surface area contributed by atoms with Gasteiger partial charge in [0, 0.05) is 5.38 Å². The highest BCUT2D eigenvalue weighted by atomic mass is 35.5. The van der Waals surface area contributed by atoms with Gasteiger partial charge in [-0.05, 0) is 18.8 Å². The first-order valence-electron chi connectivity index (χ1n) is 3.28. The summed E-state index contributed by atoms with van der Waals surface area (Å²) in [5, 5.41) is 0.104. The third-order valence-corrected chi connectivity index (χ3v) is 2.66. The lowest BCUT2D eigenvalue weighted by Crippen LogP contribution is -2.24. The zero-order chi connectivity index (χ0) is 8.36. The van der Waals surface area contributed by atoms with E-state index in [2.05, 4.69) is 13.8 Å². The lowest BCUT2D eigenvalue weighted by Gasteiger charge is -2.27. The van der Waals surface area contributed by atoms with Gasteiger partial charge >= 0.3 is 0 Å². The molecule has 0 amide bonds. The molecule has 0 aromatic rings. The maximum absolute atomic E-state index is 5.90. The van der Waals surface area contributed by atoms with Crippen LogP contribution in [-0.2, 0) is 0 Å². The average molecular weight is 204 g/mol. The molecule has 0 aliphatic carbocycles. The summed E-state index contributed by atoms with van der Waals surface area (Å²) in [6.07, 6.45) is 0.737. The Hall–Kier alpha value is 0.870. The Bertz CT molecular complexity index is 97.0. The third kappa shape index (κ3) is 3.90. The van der Waals surface area contributed by atoms with Crippen molar-refractivity contribution in [2.24, 2.45) is 5.41 Å². The fraction of sp³-hybridized carbons (Fsp3) is 1.00. The van der Waals surface area contributed by atoms with Crippen molar-refractivity contribution in [3.63, 3.8) is 0 Å². The maximum Gasteiger partial charge on any atom is 0.108 e. The van der Waals surface area contributed by atoms with Crippen molar-refractivity contribution in [3.05, 3.63) is 0 Å². The van der Waals surface area contributed by atoms with Gasteiger partial charge in [0.05, 0.1) is 0 Å². The molecule has 0 rings (SSSR count). The highest BCUT2D eigenvalue weighted by Gasteiger charge is 2.26. The van der Waals surface area contributed by atoms with Crippen LogP contribution in [-0.4, -0.2) is 10.2 Å². The normalized spacial score (nSPS) is 15.9. The highest BCUT2D eigenvalue weighted by Crippen LogP contribution is 2.33. The van der Waals surface area contributed by atoms with E-state index >= 15 is 0 Å². The van der Waals surface area contributed by atoms with Crippen LogP contribution < -0.4 is 0 Å². The third-order valence-electron chi connectivity index (χ3n) is 1.76. The van der Waals surface area contributed by atoms with E-state index in [9.17, 15) is 0 Å². The van der Waals surface area contributed by atoms with Crippen LogP contribution in [0.3, 0.4) is 0 Å². The van der Waals surface area contributed by atoms with Gasteiger partial charge in [-0.1, -0.05) is 13.8 Å². The molecule has 0 bridgehead atoms. The number of alkyl halides is 3. The van der Waals surface area contributed by atoms with Crippen LogP contribution >= 0.6 is 34.8 Å². The molecule has 0 spiro atoms. The molecule has 1 unspecified atom stereocenters. The second-order valence-corrected chi connectivity index (χ2v) is 5.13. The van der Waals surface area contributed by atoms with E-state index in [0.29, 0.717) is 0 Å². The van der Waals surface area contributed by atoms with Gasteiger partial charge < -0.3 is 0 Å². The molecule has 0 N–H and O–H groups in total. The lowest BCUT2D eigenvalue weighted by atomic mass is 9.87. The van der Waals surface area contributed by atoms with E-state index in [0.717, 1.165) is 6.42 Å². The molecular formula is C7H13Cl3. The summed E-state index contributed by atoms with van der Waals surface area (Å²) in [4.78, 5) is -0.309. The lowest BCUT2D eigenvalue weighted by molar-refractivity contribution is 0.340. The van der Waals surface area contributed by atoms with E-state index in [1.54, 1.807) is 0 Å². The molecule has 0 saturated carbocycles. The van der Waals surface area contributed by atoms with Crippen LogP contribution in [0.2, 0.25) is 0 Å². The summed E-state index contributed by atoms with van der Waals surface area (Å²) in [6.45, 7) is 6.07. The fourth-order valence-electron chi connectivity index (χ4n) is 0.560. The van der Waals surface area contributed by atoms with Crippen molar-refractivity contribution >= 4 is 34.8 Å². The summed E-state index contributed by atoms with van der Waals surface area (Å²) >= 11 is 17.1. The molecule has 62 valence electrons. The van der Waals surface area contributed by atoms with E-state index in [1.807, 2.05) is 6.92 Å². The van der Waals surface area contributed by atoms with Crippen molar-refractivity contribution in [2.75, 3.05) is 0 Å². The minimum absolute atomic E-state index is 0.0235. The Morgan fingerprint density at radius 1 is 1.20 bits per heavy atom. The molecule has 0 radical (unpaired) electrons. The first-order chi connectivity index (χ1) is 4.36. The van der Waals surface area contributed by atoms with Gasteiger partial charge in [-0.25, -0.2) is 0 Å². The second-order valence-electron chi connectivity index (χ2n) is 3.20. The number of rotatable bonds is 3. The van der Waals surface area contributed by atoms with Gasteiger partial charge in [0.1, 0.15) is 4.84 Å². The molecule has 0 heterocycles. The topological polar surface area (TPSA) is 0 Å². The Morgan fingerprint density at radius 3 is 1.70 bits per heavy atom. The minimum Gasteiger partial charge on any atom is -0.123 e. The van der Waals surface area contributed by atoms with E-state index in [1.165, 1.54) is 0 Å². The van der Waals surface area contributed by atoms with Crippen LogP contribution in [0.15, 0.2) is 0 Å². The quantitative estimate of drug-likeness (QED) is 0.612. The SMILES string of the molecule is CC(Cl)C(C)(C)CC(Cl)Cl. The molecule has 1 atom stereocenters. The van der Waals surface area contributed by atoms with Gasteiger partial charge in [0.2, 0.25) is 0 Å². The summed E-state index contributed by atoms with van der Waals surface area (Å²) in [5.74, 6) is 0. The molecule has 0 aliphatic heterocycles. The largest absolute Gasteiger partial charge is 0.123 e. The van der Waals surface area contributed by atoms with Gasteiger partial charge in [-0.2, -0.15) is 0 Å². The van der Waals surface area contributed by atoms with E-state index in [-0.39, 0.29) is 15.6 Å². The molecule has 0 nitrogen and oxygen atoms in total. The summed E-state index contributed by atoms with van der Waals surface area (Å²) in [6, 6.07) is 0. The summed E-state index contributed by atoms with van der Waals surface area (Å²) in [5.41, 5.74) is 0.0235. The van der Waals surface area contributed by atoms with Gasteiger partial charge in [-0.3, -0.25) is 0 Å². The van der Waals surface area contributed by atoms with Crippen LogP contribution in [0.4, 0.5) is 0 Å². The first-order valence-corrected chi connectivity index (χ1v) is 4.59. The van der Waals surface area contributed by atoms with Crippen molar-refractivity contribution in [1.82, 2.24) is 0 Å². The standard InChI is InChI=1S/C7H13Cl3/c1-5(8)7(2,3)4-6(9)10/h5-6H,4H2,1-3H3. The van der Waals surface area contributed by atoms with Crippen LogP contribution in [0.25, 0.3) is 0 Å². The van der Waals surface area contributed by atoms with Gasteiger partial charge in [0.15, 0.2) is 0 Å². The molecule has 0 aliphatic rings. The zero-order valence-electron chi connectivity index (χ0n) is 6.50. The van der Waals surface area contributed by atoms with Gasteiger partial charge in [0.25, 0.3) is 0 Å². The van der Waals surface area contributed by atoms with Crippen LogP contribution in [0.5, 0.6) is 0 Å². The summed E-state index contributed by atoms with van der Waals surface area (Å²) < 4.78 is 0. The first kappa shape index (κ1) is 10.9. The highest BCUT2D eigenvalue weighted by molar-refractivity contribution is 6.44. The molecule has 0 aromatic carbocycles. The molecule has 0 aromatic heterocycles. The van der Waals surface area contributed by atoms with Crippen LogP contribution in [0.1, 0.15) is 27.2 Å². The number of halogens is 3. The monoisotopic (exact) mass is 202 g/mol. The zero-order valence-corrected chi connectivity index (χ0v) is 8.76. The van der Waals surface area contributed by atoms with Gasteiger partial charge in [-0.15, -0.1) is 34.8 Å². The van der Waals surface area contributed by atoms with Crippen molar-refractivity contribution in [2.45, 2.75) is 37.4 Å². The number of hydrogen-bond donors (Lipinski definition) is 0. The Morgan fingerprint density at radius 2 is 1.60 bits per heavy atom. The number of hydrogen-bond acceptors (Lipinski definition) is 0. The van der Waals surface area contributed by atoms with E-state index in [4.69, 9.17) is 34.8 Å². The average Bonchev–Trinajstić information content (AvgIpc) is 1.60. The maximum atomic E-state index is 5.90. The smallest absolute Gasteiger partial charge is 0.108 e.